The lowest BCUT2D eigenvalue weighted by atomic mass is 9.92. The number of ether oxygens (including phenoxy) is 1. The minimum atomic E-state index is -0.375. The highest BCUT2D eigenvalue weighted by molar-refractivity contribution is 6.32. The van der Waals surface area contributed by atoms with Crippen LogP contribution in [0.4, 0.5) is 5.82 Å². The van der Waals surface area contributed by atoms with Gasteiger partial charge in [0.15, 0.2) is 0 Å². The summed E-state index contributed by atoms with van der Waals surface area (Å²) in [4.78, 5) is 27.5. The highest BCUT2D eigenvalue weighted by Crippen LogP contribution is 2.29. The van der Waals surface area contributed by atoms with Crippen molar-refractivity contribution in [2.75, 3.05) is 32.1 Å². The van der Waals surface area contributed by atoms with E-state index >= 15 is 0 Å². The Morgan fingerprint density at radius 2 is 1.82 bits per heavy atom. The molecule has 3 aromatic rings. The van der Waals surface area contributed by atoms with Crippen molar-refractivity contribution >= 4 is 40.8 Å². The summed E-state index contributed by atoms with van der Waals surface area (Å²) in [5, 5.41) is 8.53. The molecule has 2 amide bonds. The SMILES string of the molecule is COCCN(CC(=O)Nc1cc(C(C)(C)C)nn1-c1ccccc1Cl)C(=O)c1cccc(Cl)c1. The summed E-state index contributed by atoms with van der Waals surface area (Å²) in [6.45, 7) is 6.46. The predicted molar refractivity (Wildman–Crippen MR) is 135 cm³/mol. The Kier molecular flexibility index (Phi) is 8.36. The molecule has 0 aliphatic rings. The Labute approximate surface area is 209 Å². The lowest BCUT2D eigenvalue weighted by Crippen LogP contribution is -2.40. The van der Waals surface area contributed by atoms with Gasteiger partial charge in [0.25, 0.3) is 5.91 Å². The van der Waals surface area contributed by atoms with E-state index in [0.29, 0.717) is 27.1 Å². The molecule has 0 atom stereocenters. The average molecular weight is 503 g/mol. The summed E-state index contributed by atoms with van der Waals surface area (Å²) in [5.74, 6) is -0.227. The Morgan fingerprint density at radius 3 is 2.47 bits per heavy atom. The van der Waals surface area contributed by atoms with Gasteiger partial charge >= 0.3 is 0 Å². The third kappa shape index (κ3) is 6.38. The molecular formula is C25H28Cl2N4O3. The van der Waals surface area contributed by atoms with Gasteiger partial charge in [-0.15, -0.1) is 0 Å². The molecule has 0 saturated heterocycles. The number of carbonyl (C=O) groups excluding carboxylic acids is 2. The van der Waals surface area contributed by atoms with E-state index in [-0.39, 0.29) is 36.9 Å². The van der Waals surface area contributed by atoms with Crippen molar-refractivity contribution in [1.82, 2.24) is 14.7 Å². The number of nitrogens with zero attached hydrogens (tertiary/aromatic N) is 3. The molecule has 34 heavy (non-hydrogen) atoms. The molecule has 0 radical (unpaired) electrons. The Bertz CT molecular complexity index is 1170. The molecule has 0 saturated carbocycles. The zero-order valence-corrected chi connectivity index (χ0v) is 21.2. The first-order valence-corrected chi connectivity index (χ1v) is 11.5. The zero-order chi connectivity index (χ0) is 24.9. The fraction of sp³-hybridized carbons (Fsp3) is 0.320. The first kappa shape index (κ1) is 25.7. The summed E-state index contributed by atoms with van der Waals surface area (Å²) >= 11 is 12.4. The quantitative estimate of drug-likeness (QED) is 0.458. The van der Waals surface area contributed by atoms with Crippen molar-refractivity contribution in [2.45, 2.75) is 26.2 Å². The molecule has 3 rings (SSSR count). The summed E-state index contributed by atoms with van der Waals surface area (Å²) < 4.78 is 6.74. The van der Waals surface area contributed by atoms with Gasteiger partial charge in [0.1, 0.15) is 12.4 Å². The molecule has 7 nitrogen and oxygen atoms in total. The van der Waals surface area contributed by atoms with E-state index < -0.39 is 0 Å². The second-order valence-electron chi connectivity index (χ2n) is 8.81. The number of para-hydroxylation sites is 1. The number of methoxy groups -OCH3 is 1. The lowest BCUT2D eigenvalue weighted by molar-refractivity contribution is -0.117. The molecule has 0 aliphatic carbocycles. The number of nitrogens with one attached hydrogen (secondary N) is 1. The van der Waals surface area contributed by atoms with Crippen LogP contribution in [0.3, 0.4) is 0 Å². The minimum Gasteiger partial charge on any atom is -0.383 e. The second kappa shape index (κ2) is 11.0. The molecule has 0 fully saturated rings. The zero-order valence-electron chi connectivity index (χ0n) is 19.6. The third-order valence-corrected chi connectivity index (χ3v) is 5.64. The van der Waals surface area contributed by atoms with Crippen LogP contribution in [-0.4, -0.2) is 53.3 Å². The Balaban J connectivity index is 1.87. The molecule has 1 N–H and O–H groups in total. The highest BCUT2D eigenvalue weighted by atomic mass is 35.5. The van der Waals surface area contributed by atoms with Crippen molar-refractivity contribution in [3.8, 4) is 5.69 Å². The number of halogens is 2. The number of anilines is 1. The fourth-order valence-electron chi connectivity index (χ4n) is 3.26. The van der Waals surface area contributed by atoms with Gasteiger partial charge in [0, 0.05) is 35.7 Å². The van der Waals surface area contributed by atoms with Crippen LogP contribution in [0, 0.1) is 0 Å². The largest absolute Gasteiger partial charge is 0.383 e. The Hall–Kier alpha value is -2.87. The number of amides is 2. The first-order valence-electron chi connectivity index (χ1n) is 10.8. The van der Waals surface area contributed by atoms with Gasteiger partial charge in [0.2, 0.25) is 5.91 Å². The van der Waals surface area contributed by atoms with Crippen molar-refractivity contribution in [2.24, 2.45) is 0 Å². The molecule has 2 aromatic carbocycles. The summed E-state index contributed by atoms with van der Waals surface area (Å²) in [6.07, 6.45) is 0. The third-order valence-electron chi connectivity index (χ3n) is 5.08. The molecule has 9 heteroatoms. The van der Waals surface area contributed by atoms with Gasteiger partial charge in [0.05, 0.1) is 23.0 Å². The molecule has 0 aliphatic heterocycles. The van der Waals surface area contributed by atoms with Gasteiger partial charge in [-0.3, -0.25) is 9.59 Å². The average Bonchev–Trinajstić information content (AvgIpc) is 3.20. The van der Waals surface area contributed by atoms with Gasteiger partial charge in [-0.1, -0.05) is 62.2 Å². The molecule has 0 bridgehead atoms. The monoisotopic (exact) mass is 502 g/mol. The van der Waals surface area contributed by atoms with E-state index in [1.165, 1.54) is 12.0 Å². The lowest BCUT2D eigenvalue weighted by Gasteiger charge is -2.22. The summed E-state index contributed by atoms with van der Waals surface area (Å²) in [5.41, 5.74) is 1.57. The molecule has 1 heterocycles. The van der Waals surface area contributed by atoms with Crippen LogP contribution in [0.15, 0.2) is 54.6 Å². The first-order chi connectivity index (χ1) is 16.1. The number of hydrogen-bond donors (Lipinski definition) is 1. The minimum absolute atomic E-state index is 0.173. The fourth-order valence-corrected chi connectivity index (χ4v) is 3.66. The van der Waals surface area contributed by atoms with Gasteiger partial charge in [-0.25, -0.2) is 4.68 Å². The maximum atomic E-state index is 13.1. The molecular weight excluding hydrogens is 475 g/mol. The Morgan fingerprint density at radius 1 is 1.09 bits per heavy atom. The van der Waals surface area contributed by atoms with Crippen molar-refractivity contribution in [3.63, 3.8) is 0 Å². The molecule has 0 unspecified atom stereocenters. The molecule has 1 aromatic heterocycles. The van der Waals surface area contributed by atoms with E-state index in [0.717, 1.165) is 5.69 Å². The smallest absolute Gasteiger partial charge is 0.254 e. The summed E-state index contributed by atoms with van der Waals surface area (Å²) in [6, 6.07) is 15.7. The summed E-state index contributed by atoms with van der Waals surface area (Å²) in [7, 11) is 1.54. The second-order valence-corrected chi connectivity index (χ2v) is 9.65. The van der Waals surface area contributed by atoms with Crippen LogP contribution in [0.5, 0.6) is 0 Å². The standard InChI is InChI=1S/C25H28Cl2N4O3/c1-25(2,3)21-15-22(31(29-21)20-11-6-5-10-19(20)27)28-23(32)16-30(12-13-34-4)24(33)17-8-7-9-18(26)14-17/h5-11,14-15H,12-13,16H2,1-4H3,(H,28,32). The van der Waals surface area contributed by atoms with Crippen molar-refractivity contribution in [1.29, 1.82) is 0 Å². The number of aromatic nitrogens is 2. The van der Waals surface area contributed by atoms with E-state index in [9.17, 15) is 9.59 Å². The van der Waals surface area contributed by atoms with Crippen LogP contribution < -0.4 is 5.32 Å². The van der Waals surface area contributed by atoms with E-state index in [2.05, 4.69) is 10.4 Å². The van der Waals surface area contributed by atoms with Gasteiger partial charge in [-0.2, -0.15) is 5.10 Å². The van der Waals surface area contributed by atoms with Gasteiger partial charge < -0.3 is 15.0 Å². The number of carbonyl (C=O) groups is 2. The van der Waals surface area contributed by atoms with Crippen LogP contribution >= 0.6 is 23.2 Å². The van der Waals surface area contributed by atoms with E-state index in [4.69, 9.17) is 27.9 Å². The normalized spacial score (nSPS) is 11.4. The molecule has 0 spiro atoms. The maximum absolute atomic E-state index is 13.1. The van der Waals surface area contributed by atoms with Crippen LogP contribution in [0.2, 0.25) is 10.0 Å². The van der Waals surface area contributed by atoms with Crippen LogP contribution in [-0.2, 0) is 14.9 Å². The van der Waals surface area contributed by atoms with Gasteiger partial charge in [-0.05, 0) is 30.3 Å². The van der Waals surface area contributed by atoms with Crippen LogP contribution in [0.1, 0.15) is 36.8 Å². The number of rotatable bonds is 8. The maximum Gasteiger partial charge on any atom is 0.254 e. The molecule has 180 valence electrons. The predicted octanol–water partition coefficient (Wildman–Crippen LogP) is 5.20. The number of hydrogen-bond acceptors (Lipinski definition) is 4. The van der Waals surface area contributed by atoms with Crippen LogP contribution in [0.25, 0.3) is 5.69 Å². The van der Waals surface area contributed by atoms with E-state index in [1.807, 2.05) is 45.0 Å². The van der Waals surface area contributed by atoms with Crippen molar-refractivity contribution in [3.05, 3.63) is 75.9 Å². The highest BCUT2D eigenvalue weighted by Gasteiger charge is 2.24. The van der Waals surface area contributed by atoms with Crippen molar-refractivity contribution < 1.29 is 14.3 Å². The number of benzene rings is 2. The van der Waals surface area contributed by atoms with E-state index in [1.54, 1.807) is 35.0 Å². The topological polar surface area (TPSA) is 76.5 Å².